The third-order valence-corrected chi connectivity index (χ3v) is 26.4. The number of halogens is 1. The van der Waals surface area contributed by atoms with E-state index in [1.54, 1.807) is 313 Å². The summed E-state index contributed by atoms with van der Waals surface area (Å²) in [6, 6.07) is 15.8. The van der Waals surface area contributed by atoms with E-state index < -0.39 is 11.0 Å². The van der Waals surface area contributed by atoms with E-state index in [9.17, 15) is 0 Å². The van der Waals surface area contributed by atoms with Crippen LogP contribution in [0.2, 0.25) is 5.15 Å². The van der Waals surface area contributed by atoms with Gasteiger partial charge in [0.25, 0.3) is 0 Å². The molecule has 0 fully saturated rings. The van der Waals surface area contributed by atoms with Crippen LogP contribution in [0.1, 0.15) is 27.8 Å². The Labute approximate surface area is 419 Å². The van der Waals surface area contributed by atoms with Crippen molar-refractivity contribution in [2.45, 2.75) is 11.0 Å². The van der Waals surface area contributed by atoms with E-state index in [4.69, 9.17) is 21.7 Å². The van der Waals surface area contributed by atoms with Crippen molar-refractivity contribution in [1.82, 2.24) is 4.98 Å². The number of rotatable bonds is 2. The van der Waals surface area contributed by atoms with Gasteiger partial charge in [-0.3, -0.25) is 0 Å². The molecule has 0 saturated heterocycles. The number of hydrogen-bond acceptors (Lipinski definition) is 3. The Morgan fingerprint density at radius 3 is 0.776 bits per heavy atom. The number of aromatic nitrogens is 1. The van der Waals surface area contributed by atoms with Crippen LogP contribution in [0, 0.1) is 0 Å². The largest absolute Gasteiger partial charge is 0.248 e. The Bertz CT molecular complexity index is 7680. The molecule has 1 aliphatic heterocycles. The van der Waals surface area contributed by atoms with Crippen molar-refractivity contribution in [1.29, 1.82) is 0 Å². The maximum Gasteiger partial charge on any atom is 0.135 e. The van der Waals surface area contributed by atoms with Gasteiger partial charge in [-0.25, -0.2) is 9.99 Å². The SMILES string of the molecule is Clc1ccc(C2=NN(c3ccccc3)C34c5c6c7c8c9c%10c(c%11c%12c3c3c5c5c%13c6c6c7c7c9c9c%14c%10c%10c%11c%11c%12c%12c3c3c5c5c%13c%13c6c6c7c9c7c9c%14c%10c%10c%11c%11c%12c3c3c5c5c%13c6c7c6c9c%10c%11c3c56)C284)cn1. The van der Waals surface area contributed by atoms with E-state index in [1.807, 2.05) is 6.07 Å². The van der Waals surface area contributed by atoms with Gasteiger partial charge in [0.15, 0.2) is 0 Å². The van der Waals surface area contributed by atoms with E-state index in [0.717, 1.165) is 17.0 Å². The zero-order chi connectivity index (χ0) is 45.4. The van der Waals surface area contributed by atoms with Crippen molar-refractivity contribution in [3.05, 3.63) is 81.6 Å². The van der Waals surface area contributed by atoms with Gasteiger partial charge in [-0.2, -0.15) is 5.10 Å². The van der Waals surface area contributed by atoms with Gasteiger partial charge in [0.2, 0.25) is 0 Å². The first-order chi connectivity index (χ1) is 37.8. The van der Waals surface area contributed by atoms with Crippen LogP contribution >= 0.6 is 11.6 Å². The van der Waals surface area contributed by atoms with Crippen LogP contribution in [0.25, 0.3) is 291 Å². The molecule has 29 aromatic carbocycles. The Kier molecular flexibility index (Phi) is 2.56. The lowest BCUT2D eigenvalue weighted by atomic mass is 9.51. The number of benzene rings is 19. The summed E-state index contributed by atoms with van der Waals surface area (Å²) < 4.78 is 0. The predicted molar refractivity (Wildman–Crippen MR) is 319 cm³/mol. The van der Waals surface area contributed by atoms with Crippen molar-refractivity contribution >= 4 is 314 Å². The summed E-state index contributed by atoms with van der Waals surface area (Å²) in [4.78, 5) is 5.02. The number of nitrogens with zero attached hydrogens (tertiary/aromatic N) is 3. The molecule has 0 N–H and O–H groups in total. The molecule has 2 spiro atoms. The van der Waals surface area contributed by atoms with Gasteiger partial charge in [0, 0.05) is 22.9 Å². The Morgan fingerprint density at radius 2 is 0.526 bits per heavy atom. The van der Waals surface area contributed by atoms with Crippen LogP contribution in [0.5, 0.6) is 0 Å². The van der Waals surface area contributed by atoms with E-state index in [1.165, 1.54) is 0 Å². The van der Waals surface area contributed by atoms with Crippen molar-refractivity contribution < 1.29 is 0 Å². The average Bonchev–Trinajstić information content (AvgIpc) is 1.94. The lowest BCUT2D eigenvalue weighted by Gasteiger charge is -2.53. The van der Waals surface area contributed by atoms with Crippen LogP contribution in [0.15, 0.2) is 53.8 Å². The minimum Gasteiger partial charge on any atom is -0.248 e. The molecule has 0 unspecified atom stereocenters. The Balaban J connectivity index is 1.12. The molecule has 30 aromatic rings. The first kappa shape index (κ1) is 28.9. The van der Waals surface area contributed by atoms with Crippen molar-refractivity contribution in [2.24, 2.45) is 5.10 Å². The standard InChI is InChI=1S/C72H8ClN3/c73-11-7-6-9(8-74-11)70-71-66-58-50-40-30-22-14-12-13-16-20-18(14)26-34-28(20)38-32-24(16)25-17(13)21-19-15(12)23(22)31-37-27(19)35-29(21)39-33(25)43-42(32)54-48(38)56-46(34)52(44(50)36(26)30)60(66)62(56)68-64(54)65-55(43)49(39)57-47(35)53-45(37)51(41(31)40)59(58)67(71)61(53)63(57)69(65)72(68,71)76(75-70)10-4-2-1-3-5-10/h1-8H. The lowest BCUT2D eigenvalue weighted by Crippen LogP contribution is -2.59. The lowest BCUT2D eigenvalue weighted by molar-refractivity contribution is 0.425. The van der Waals surface area contributed by atoms with Gasteiger partial charge in [-0.1, -0.05) is 29.8 Å². The Morgan fingerprint density at radius 1 is 0.276 bits per heavy atom. The maximum absolute atomic E-state index is 6.90. The second kappa shape index (κ2) is 6.73. The molecule has 1 aromatic heterocycles. The number of hydrazone groups is 1. The van der Waals surface area contributed by atoms with Gasteiger partial charge < -0.3 is 0 Å². The quantitative estimate of drug-likeness (QED) is 0.128. The fourth-order valence-electron chi connectivity index (χ4n) is 25.8. The fraction of sp³-hybridized carbons (Fsp3) is 0.0278. The van der Waals surface area contributed by atoms with Gasteiger partial charge in [-0.05, 0) is 326 Å². The Hall–Kier alpha value is -9.41. The molecule has 2 heterocycles. The zero-order valence-corrected chi connectivity index (χ0v) is 39.1. The second-order valence-electron chi connectivity index (χ2n) is 26.7. The molecule has 0 saturated carbocycles. The highest BCUT2D eigenvalue weighted by Gasteiger charge is 2.76. The molecule has 0 atom stereocenters. The van der Waals surface area contributed by atoms with Gasteiger partial charge in [0.1, 0.15) is 16.1 Å². The first-order valence-electron chi connectivity index (χ1n) is 27.7. The first-order valence-corrected chi connectivity index (χ1v) is 28.0. The number of para-hydroxylation sites is 1. The molecular formula is C72H8ClN3. The number of anilines is 1. The second-order valence-corrected chi connectivity index (χ2v) is 27.1. The molecule has 76 heavy (non-hydrogen) atoms. The van der Waals surface area contributed by atoms with Crippen LogP contribution < -0.4 is 5.01 Å². The molecule has 5 aliphatic rings. The maximum atomic E-state index is 6.90. The summed E-state index contributed by atoms with van der Waals surface area (Å²) in [7, 11) is 0. The molecule has 0 bridgehead atoms. The summed E-state index contributed by atoms with van der Waals surface area (Å²) >= 11 is 6.90. The van der Waals surface area contributed by atoms with E-state index >= 15 is 0 Å². The van der Waals surface area contributed by atoms with E-state index in [2.05, 4.69) is 47.6 Å². The van der Waals surface area contributed by atoms with Crippen LogP contribution in [-0.4, -0.2) is 10.7 Å². The fourth-order valence-corrected chi connectivity index (χ4v) is 26.0. The molecule has 0 radical (unpaired) electrons. The number of pyridine rings is 1. The smallest absolute Gasteiger partial charge is 0.135 e. The van der Waals surface area contributed by atoms with Crippen molar-refractivity contribution in [2.75, 3.05) is 5.01 Å². The summed E-state index contributed by atoms with van der Waals surface area (Å²) in [6.45, 7) is 0. The van der Waals surface area contributed by atoms with E-state index in [-0.39, 0.29) is 0 Å². The average molecular weight is 950 g/mol. The zero-order valence-electron chi connectivity index (χ0n) is 38.3. The summed E-state index contributed by atoms with van der Waals surface area (Å²) in [5, 5.41) is 95.9. The highest BCUT2D eigenvalue weighted by molar-refractivity contribution is 6.82. The topological polar surface area (TPSA) is 28.5 Å². The summed E-state index contributed by atoms with van der Waals surface area (Å²) in [5.74, 6) is 0. The van der Waals surface area contributed by atoms with Crippen molar-refractivity contribution in [3.63, 3.8) is 0 Å². The predicted octanol–water partition coefficient (Wildman–Crippen LogP) is 19.2. The van der Waals surface area contributed by atoms with Crippen LogP contribution in [0.4, 0.5) is 5.69 Å². The third kappa shape index (κ3) is 1.59. The van der Waals surface area contributed by atoms with Crippen LogP contribution in [0.3, 0.4) is 0 Å². The highest BCUT2D eigenvalue weighted by Crippen LogP contribution is 2.86. The minimum absolute atomic E-state index is 0.523. The van der Waals surface area contributed by atoms with Crippen molar-refractivity contribution in [3.8, 4) is 0 Å². The monoisotopic (exact) mass is 949 g/mol. The molecule has 0 amide bonds. The van der Waals surface area contributed by atoms with Gasteiger partial charge in [-0.15, -0.1) is 0 Å². The molecule has 318 valence electrons. The molecule has 4 aliphatic carbocycles. The van der Waals surface area contributed by atoms with Crippen LogP contribution in [-0.2, 0) is 11.0 Å². The van der Waals surface area contributed by atoms with E-state index in [0.29, 0.717) is 5.15 Å². The molecule has 3 nitrogen and oxygen atoms in total. The normalized spacial score (nSPS) is 21.6. The third-order valence-electron chi connectivity index (χ3n) is 26.1. The molecular weight excluding hydrogens is 942 g/mol. The molecule has 35 rings (SSSR count). The summed E-state index contributed by atoms with van der Waals surface area (Å²) in [6.07, 6.45) is 2.09. The molecule has 4 heteroatoms. The highest BCUT2D eigenvalue weighted by atomic mass is 35.5. The summed E-state index contributed by atoms with van der Waals surface area (Å²) in [5.41, 5.74) is 8.19. The van der Waals surface area contributed by atoms with Gasteiger partial charge >= 0.3 is 0 Å². The van der Waals surface area contributed by atoms with Gasteiger partial charge in [0.05, 0.1) is 11.4 Å². The number of hydrogen-bond donors (Lipinski definition) is 0. The minimum atomic E-state index is -0.741.